The van der Waals surface area contributed by atoms with Gasteiger partial charge in [-0.1, -0.05) is 6.92 Å². The van der Waals surface area contributed by atoms with Gasteiger partial charge in [-0.05, 0) is 20.3 Å². The smallest absolute Gasteiger partial charge is 0.225 e. The van der Waals surface area contributed by atoms with Crippen molar-refractivity contribution in [2.75, 3.05) is 20.3 Å². The molecule has 1 saturated heterocycles. The molecule has 0 bridgehead atoms. The Morgan fingerprint density at radius 1 is 1.56 bits per heavy atom. The molecule has 1 fully saturated rings. The second kappa shape index (κ2) is 6.73. The molecule has 0 spiro atoms. The van der Waals surface area contributed by atoms with E-state index in [9.17, 15) is 9.59 Å². The van der Waals surface area contributed by atoms with E-state index in [0.29, 0.717) is 19.6 Å². The summed E-state index contributed by atoms with van der Waals surface area (Å²) < 4.78 is 5.05. The first-order valence-corrected chi connectivity index (χ1v) is 6.58. The number of hydrogen-bond acceptors (Lipinski definition) is 3. The highest BCUT2D eigenvalue weighted by atomic mass is 16.5. The first-order valence-electron chi connectivity index (χ1n) is 6.58. The van der Waals surface area contributed by atoms with Crippen LogP contribution in [0.4, 0.5) is 0 Å². The van der Waals surface area contributed by atoms with Crippen LogP contribution in [-0.4, -0.2) is 49.1 Å². The zero-order chi connectivity index (χ0) is 13.7. The molecule has 1 N–H and O–H groups in total. The molecule has 5 heteroatoms. The first-order chi connectivity index (χ1) is 8.49. The molecule has 1 aliphatic heterocycles. The number of methoxy groups -OCH3 is 1. The molecule has 5 nitrogen and oxygen atoms in total. The Morgan fingerprint density at radius 3 is 2.78 bits per heavy atom. The van der Waals surface area contributed by atoms with E-state index in [4.69, 9.17) is 4.74 Å². The van der Waals surface area contributed by atoms with Gasteiger partial charge < -0.3 is 15.0 Å². The van der Waals surface area contributed by atoms with Crippen LogP contribution in [0.5, 0.6) is 0 Å². The molecule has 0 aliphatic carbocycles. The summed E-state index contributed by atoms with van der Waals surface area (Å²) in [6.45, 7) is 6.95. The van der Waals surface area contributed by atoms with Crippen LogP contribution in [0, 0.1) is 5.92 Å². The molecule has 0 saturated carbocycles. The summed E-state index contributed by atoms with van der Waals surface area (Å²) in [4.78, 5) is 25.6. The largest absolute Gasteiger partial charge is 0.383 e. The molecule has 104 valence electrons. The number of likely N-dealkylation sites (tertiary alicyclic amines) is 1. The maximum Gasteiger partial charge on any atom is 0.225 e. The van der Waals surface area contributed by atoms with Crippen LogP contribution in [0.2, 0.25) is 0 Å². The van der Waals surface area contributed by atoms with Gasteiger partial charge in [-0.15, -0.1) is 0 Å². The number of nitrogens with one attached hydrogen (secondary N) is 1. The minimum absolute atomic E-state index is 0.00943. The zero-order valence-electron chi connectivity index (χ0n) is 11.7. The van der Waals surface area contributed by atoms with Crippen molar-refractivity contribution in [3.63, 3.8) is 0 Å². The van der Waals surface area contributed by atoms with Crippen molar-refractivity contribution < 1.29 is 14.3 Å². The lowest BCUT2D eigenvalue weighted by atomic mass is 10.1. The number of carbonyl (C=O) groups is 2. The number of rotatable bonds is 6. The molecule has 2 amide bonds. The van der Waals surface area contributed by atoms with E-state index in [1.807, 2.05) is 20.8 Å². The van der Waals surface area contributed by atoms with Gasteiger partial charge >= 0.3 is 0 Å². The van der Waals surface area contributed by atoms with Crippen LogP contribution >= 0.6 is 0 Å². The highest BCUT2D eigenvalue weighted by Crippen LogP contribution is 2.20. The van der Waals surface area contributed by atoms with Gasteiger partial charge in [0.05, 0.1) is 18.6 Å². The third-order valence-corrected chi connectivity index (χ3v) is 3.47. The predicted molar refractivity (Wildman–Crippen MR) is 69.1 cm³/mol. The molecule has 3 atom stereocenters. The van der Waals surface area contributed by atoms with Crippen molar-refractivity contribution in [1.29, 1.82) is 0 Å². The Morgan fingerprint density at radius 2 is 2.22 bits per heavy atom. The Kier molecular flexibility index (Phi) is 5.59. The van der Waals surface area contributed by atoms with Gasteiger partial charge in [-0.2, -0.15) is 0 Å². The van der Waals surface area contributed by atoms with Crippen LogP contribution in [0.1, 0.15) is 33.6 Å². The first kappa shape index (κ1) is 15.0. The maximum atomic E-state index is 12.0. The molecule has 0 aromatic rings. The Balaban J connectivity index is 2.52. The second-order valence-corrected chi connectivity index (χ2v) is 5.07. The molecule has 1 rings (SSSR count). The average Bonchev–Trinajstić information content (AvgIpc) is 2.71. The van der Waals surface area contributed by atoms with Crippen molar-refractivity contribution in [1.82, 2.24) is 10.2 Å². The van der Waals surface area contributed by atoms with Crippen LogP contribution in [-0.2, 0) is 14.3 Å². The molecule has 0 aromatic carbocycles. The monoisotopic (exact) mass is 256 g/mol. The number of hydrogen-bond donors (Lipinski definition) is 1. The highest BCUT2D eigenvalue weighted by Gasteiger charge is 2.36. The van der Waals surface area contributed by atoms with E-state index in [2.05, 4.69) is 5.32 Å². The summed E-state index contributed by atoms with van der Waals surface area (Å²) in [5.41, 5.74) is 0. The SMILES string of the molecule is CC[C@@H](C)NC(=O)[C@H]1CC(=O)N([C@@H](C)COC)C1. The predicted octanol–water partition coefficient (Wildman–Crippen LogP) is 0.785. The summed E-state index contributed by atoms with van der Waals surface area (Å²) in [7, 11) is 1.62. The standard InChI is InChI=1S/C13H24N2O3/c1-5-9(2)14-13(17)11-6-12(16)15(7-11)10(3)8-18-4/h9-11H,5-8H2,1-4H3,(H,14,17)/t9-,10+,11+/m1/s1. The third kappa shape index (κ3) is 3.70. The van der Waals surface area contributed by atoms with Crippen molar-refractivity contribution in [3.8, 4) is 0 Å². The van der Waals surface area contributed by atoms with Crippen LogP contribution in [0.15, 0.2) is 0 Å². The van der Waals surface area contributed by atoms with E-state index in [1.54, 1.807) is 12.0 Å². The second-order valence-electron chi connectivity index (χ2n) is 5.07. The van der Waals surface area contributed by atoms with Crippen molar-refractivity contribution >= 4 is 11.8 Å². The van der Waals surface area contributed by atoms with Gasteiger partial charge in [-0.3, -0.25) is 9.59 Å². The lowest BCUT2D eigenvalue weighted by Gasteiger charge is -2.24. The minimum Gasteiger partial charge on any atom is -0.383 e. The van der Waals surface area contributed by atoms with E-state index < -0.39 is 0 Å². The molecular formula is C13H24N2O3. The lowest BCUT2D eigenvalue weighted by molar-refractivity contribution is -0.130. The summed E-state index contributed by atoms with van der Waals surface area (Å²) in [5.74, 6) is -0.181. The van der Waals surface area contributed by atoms with Crippen LogP contribution < -0.4 is 5.32 Å². The topological polar surface area (TPSA) is 58.6 Å². The Labute approximate surface area is 109 Å². The van der Waals surface area contributed by atoms with Crippen LogP contribution in [0.25, 0.3) is 0 Å². The fourth-order valence-electron chi connectivity index (χ4n) is 2.13. The van der Waals surface area contributed by atoms with Gasteiger partial charge in [0.2, 0.25) is 11.8 Å². The molecule has 0 unspecified atom stereocenters. The third-order valence-electron chi connectivity index (χ3n) is 3.47. The summed E-state index contributed by atoms with van der Waals surface area (Å²) in [6.07, 6.45) is 1.21. The summed E-state index contributed by atoms with van der Waals surface area (Å²) in [5, 5.41) is 2.93. The molecule has 0 radical (unpaired) electrons. The molecule has 18 heavy (non-hydrogen) atoms. The quantitative estimate of drug-likeness (QED) is 0.764. The van der Waals surface area contributed by atoms with Crippen molar-refractivity contribution in [3.05, 3.63) is 0 Å². The number of ether oxygens (including phenoxy) is 1. The fraction of sp³-hybridized carbons (Fsp3) is 0.846. The normalized spacial score (nSPS) is 23.0. The summed E-state index contributed by atoms with van der Waals surface area (Å²) >= 11 is 0. The molecule has 1 heterocycles. The van der Waals surface area contributed by atoms with Gasteiger partial charge in [0.25, 0.3) is 0 Å². The van der Waals surface area contributed by atoms with Gasteiger partial charge in [0.1, 0.15) is 0 Å². The zero-order valence-corrected chi connectivity index (χ0v) is 11.7. The fourth-order valence-corrected chi connectivity index (χ4v) is 2.13. The summed E-state index contributed by atoms with van der Waals surface area (Å²) in [6, 6.07) is 0.196. The van der Waals surface area contributed by atoms with Crippen molar-refractivity contribution in [2.24, 2.45) is 5.92 Å². The Bertz CT molecular complexity index is 307. The van der Waals surface area contributed by atoms with E-state index in [-0.39, 0.29) is 29.8 Å². The lowest BCUT2D eigenvalue weighted by Crippen LogP contribution is -2.40. The van der Waals surface area contributed by atoms with Crippen LogP contribution in [0.3, 0.4) is 0 Å². The van der Waals surface area contributed by atoms with Gasteiger partial charge in [0, 0.05) is 26.1 Å². The van der Waals surface area contributed by atoms with Gasteiger partial charge in [0.15, 0.2) is 0 Å². The number of amides is 2. The average molecular weight is 256 g/mol. The highest BCUT2D eigenvalue weighted by molar-refractivity contribution is 5.89. The van der Waals surface area contributed by atoms with Gasteiger partial charge in [-0.25, -0.2) is 0 Å². The van der Waals surface area contributed by atoms with Crippen molar-refractivity contribution in [2.45, 2.75) is 45.7 Å². The molecule has 1 aliphatic rings. The molecule has 0 aromatic heterocycles. The number of carbonyl (C=O) groups excluding carboxylic acids is 2. The number of nitrogens with zero attached hydrogens (tertiary/aromatic N) is 1. The minimum atomic E-state index is -0.217. The van der Waals surface area contributed by atoms with E-state index in [0.717, 1.165) is 6.42 Å². The molecular weight excluding hydrogens is 232 g/mol. The Hall–Kier alpha value is -1.10. The van der Waals surface area contributed by atoms with E-state index in [1.165, 1.54) is 0 Å². The maximum absolute atomic E-state index is 12.0. The van der Waals surface area contributed by atoms with E-state index >= 15 is 0 Å².